The van der Waals surface area contributed by atoms with Gasteiger partial charge < -0.3 is 10.1 Å². The van der Waals surface area contributed by atoms with Crippen LogP contribution in [-0.4, -0.2) is 39.8 Å². The van der Waals surface area contributed by atoms with Crippen LogP contribution in [0.4, 0.5) is 5.69 Å². The number of amides is 1. The Bertz CT molecular complexity index is 864. The van der Waals surface area contributed by atoms with Gasteiger partial charge in [0.1, 0.15) is 5.75 Å². The van der Waals surface area contributed by atoms with E-state index in [1.54, 1.807) is 0 Å². The Hall–Kier alpha value is -2.38. The van der Waals surface area contributed by atoms with E-state index in [0.29, 0.717) is 17.9 Å². The normalized spacial score (nSPS) is 12.7. The highest BCUT2D eigenvalue weighted by molar-refractivity contribution is 7.89. The number of nitrogens with one attached hydrogen (secondary N) is 1. The van der Waals surface area contributed by atoms with E-state index in [0.717, 1.165) is 9.87 Å². The second-order valence-electron chi connectivity index (χ2n) is 6.01. The minimum Gasteiger partial charge on any atom is -0.495 e. The van der Waals surface area contributed by atoms with Gasteiger partial charge in [-0.05, 0) is 30.2 Å². The number of benzene rings is 2. The molecule has 0 fully saturated rings. The second kappa shape index (κ2) is 8.33. The fraction of sp³-hybridized carbons (Fsp3) is 0.316. The number of sulfonamides is 1. The van der Waals surface area contributed by atoms with E-state index < -0.39 is 10.0 Å². The zero-order valence-electron chi connectivity index (χ0n) is 15.4. The van der Waals surface area contributed by atoms with Crippen molar-refractivity contribution < 1.29 is 17.9 Å². The molecule has 0 saturated carbocycles. The van der Waals surface area contributed by atoms with Gasteiger partial charge in [-0.1, -0.05) is 37.3 Å². The molecule has 6 nitrogen and oxygen atoms in total. The van der Waals surface area contributed by atoms with Gasteiger partial charge in [-0.25, -0.2) is 12.7 Å². The van der Waals surface area contributed by atoms with Crippen LogP contribution in [0.3, 0.4) is 0 Å². The molecule has 0 heterocycles. The molecule has 140 valence electrons. The van der Waals surface area contributed by atoms with E-state index in [1.165, 1.54) is 39.4 Å². The number of rotatable bonds is 7. The fourth-order valence-corrected chi connectivity index (χ4v) is 3.56. The molecule has 1 atom stereocenters. The van der Waals surface area contributed by atoms with Crippen LogP contribution < -0.4 is 10.1 Å². The van der Waals surface area contributed by atoms with Crippen LogP contribution in [0.25, 0.3) is 0 Å². The van der Waals surface area contributed by atoms with Crippen LogP contribution in [0.1, 0.15) is 24.8 Å². The molecule has 1 amide bonds. The summed E-state index contributed by atoms with van der Waals surface area (Å²) in [6.07, 6.45) is 0.619. The molecule has 2 aromatic carbocycles. The molecular formula is C19H24N2O4S. The molecule has 0 radical (unpaired) electrons. The highest BCUT2D eigenvalue weighted by Crippen LogP contribution is 2.30. The average Bonchev–Trinajstić information content (AvgIpc) is 2.63. The topological polar surface area (TPSA) is 75.7 Å². The molecular weight excluding hydrogens is 352 g/mol. The SMILES string of the molecule is CC[C@H](C(=O)Nc1cc(S(=O)(=O)N(C)C)ccc1OC)c1ccccc1. The molecule has 0 spiro atoms. The lowest BCUT2D eigenvalue weighted by Gasteiger charge is -2.18. The Morgan fingerprint density at radius 1 is 1.15 bits per heavy atom. The van der Waals surface area contributed by atoms with Crippen LogP contribution in [0, 0.1) is 0 Å². The summed E-state index contributed by atoms with van der Waals surface area (Å²) in [4.78, 5) is 12.9. The van der Waals surface area contributed by atoms with Crippen molar-refractivity contribution in [2.24, 2.45) is 0 Å². The summed E-state index contributed by atoms with van der Waals surface area (Å²) in [6, 6.07) is 13.9. The van der Waals surface area contributed by atoms with Crippen LogP contribution in [0.2, 0.25) is 0 Å². The Balaban J connectivity index is 2.36. The predicted octanol–water partition coefficient (Wildman–Crippen LogP) is 3.08. The van der Waals surface area contributed by atoms with E-state index in [2.05, 4.69) is 5.32 Å². The van der Waals surface area contributed by atoms with Gasteiger partial charge in [0.25, 0.3) is 0 Å². The van der Waals surface area contributed by atoms with E-state index >= 15 is 0 Å². The maximum Gasteiger partial charge on any atom is 0.242 e. The summed E-state index contributed by atoms with van der Waals surface area (Å²) >= 11 is 0. The van der Waals surface area contributed by atoms with Gasteiger partial charge in [0.2, 0.25) is 15.9 Å². The molecule has 26 heavy (non-hydrogen) atoms. The standard InChI is InChI=1S/C19H24N2O4S/c1-5-16(14-9-7-6-8-10-14)19(22)20-17-13-15(11-12-18(17)25-4)26(23,24)21(2)3/h6-13,16H,5H2,1-4H3,(H,20,22)/t16-/m0/s1. The molecule has 0 bridgehead atoms. The quantitative estimate of drug-likeness (QED) is 0.806. The lowest BCUT2D eigenvalue weighted by atomic mass is 9.95. The Labute approximate surface area is 154 Å². The van der Waals surface area contributed by atoms with Gasteiger partial charge >= 0.3 is 0 Å². The first-order valence-corrected chi connectivity index (χ1v) is 9.71. The molecule has 0 aromatic heterocycles. The van der Waals surface area contributed by atoms with Crippen LogP contribution >= 0.6 is 0 Å². The average molecular weight is 376 g/mol. The number of methoxy groups -OCH3 is 1. The molecule has 0 aliphatic carbocycles. The monoisotopic (exact) mass is 376 g/mol. The smallest absolute Gasteiger partial charge is 0.242 e. The molecule has 0 saturated heterocycles. The first-order valence-electron chi connectivity index (χ1n) is 8.27. The van der Waals surface area contributed by atoms with Crippen molar-refractivity contribution in [1.29, 1.82) is 0 Å². The van der Waals surface area contributed by atoms with Crippen molar-refractivity contribution in [3.05, 3.63) is 54.1 Å². The second-order valence-corrected chi connectivity index (χ2v) is 8.16. The maximum absolute atomic E-state index is 12.8. The summed E-state index contributed by atoms with van der Waals surface area (Å²) in [5, 5.41) is 2.82. The van der Waals surface area contributed by atoms with Crippen molar-refractivity contribution in [3.8, 4) is 5.75 Å². The van der Waals surface area contributed by atoms with Crippen LogP contribution in [-0.2, 0) is 14.8 Å². The summed E-state index contributed by atoms with van der Waals surface area (Å²) in [5.41, 5.74) is 1.23. The Morgan fingerprint density at radius 2 is 1.81 bits per heavy atom. The van der Waals surface area contributed by atoms with E-state index in [1.807, 2.05) is 37.3 Å². The highest BCUT2D eigenvalue weighted by atomic mass is 32.2. The van der Waals surface area contributed by atoms with Gasteiger partial charge in [-0.15, -0.1) is 0 Å². The minimum absolute atomic E-state index is 0.0892. The predicted molar refractivity (Wildman–Crippen MR) is 102 cm³/mol. The van der Waals surface area contributed by atoms with Crippen LogP contribution in [0.5, 0.6) is 5.75 Å². The third-order valence-electron chi connectivity index (χ3n) is 4.13. The zero-order chi connectivity index (χ0) is 19.3. The van der Waals surface area contributed by atoms with E-state index in [9.17, 15) is 13.2 Å². The van der Waals surface area contributed by atoms with Gasteiger partial charge in [0, 0.05) is 14.1 Å². The van der Waals surface area contributed by atoms with Gasteiger partial charge in [-0.3, -0.25) is 4.79 Å². The van der Waals surface area contributed by atoms with Crippen molar-refractivity contribution in [2.75, 3.05) is 26.5 Å². The molecule has 1 N–H and O–H groups in total. The zero-order valence-corrected chi connectivity index (χ0v) is 16.2. The minimum atomic E-state index is -3.61. The van der Waals surface area contributed by atoms with E-state index in [4.69, 9.17) is 4.74 Å². The van der Waals surface area contributed by atoms with Crippen molar-refractivity contribution in [2.45, 2.75) is 24.2 Å². The van der Waals surface area contributed by atoms with Crippen molar-refractivity contribution >= 4 is 21.6 Å². The largest absolute Gasteiger partial charge is 0.495 e. The van der Waals surface area contributed by atoms with Gasteiger partial charge in [0.05, 0.1) is 23.6 Å². The number of nitrogens with zero attached hydrogens (tertiary/aromatic N) is 1. The Morgan fingerprint density at radius 3 is 2.35 bits per heavy atom. The van der Waals surface area contributed by atoms with Gasteiger partial charge in [0.15, 0.2) is 0 Å². The highest BCUT2D eigenvalue weighted by Gasteiger charge is 2.23. The van der Waals surface area contributed by atoms with Crippen molar-refractivity contribution in [3.63, 3.8) is 0 Å². The van der Waals surface area contributed by atoms with E-state index in [-0.39, 0.29) is 16.7 Å². The van der Waals surface area contributed by atoms with Crippen molar-refractivity contribution in [1.82, 2.24) is 4.31 Å². The number of carbonyl (C=O) groups is 1. The summed E-state index contributed by atoms with van der Waals surface area (Å²) in [7, 11) is 0.778. The van der Waals surface area contributed by atoms with Crippen LogP contribution in [0.15, 0.2) is 53.4 Å². The Kier molecular flexibility index (Phi) is 6.39. The number of carbonyl (C=O) groups excluding carboxylic acids is 1. The summed E-state index contributed by atoms with van der Waals surface area (Å²) in [6.45, 7) is 1.93. The van der Waals surface area contributed by atoms with Gasteiger partial charge in [-0.2, -0.15) is 0 Å². The molecule has 2 aromatic rings. The number of ether oxygens (including phenoxy) is 1. The number of hydrogen-bond donors (Lipinski definition) is 1. The third kappa shape index (κ3) is 4.23. The molecule has 0 aliphatic rings. The number of anilines is 1. The molecule has 0 unspecified atom stereocenters. The molecule has 7 heteroatoms. The maximum atomic E-state index is 12.8. The third-order valence-corrected chi connectivity index (χ3v) is 5.95. The lowest BCUT2D eigenvalue weighted by molar-refractivity contribution is -0.117. The summed E-state index contributed by atoms with van der Waals surface area (Å²) < 4.78 is 31.1. The first-order chi connectivity index (χ1) is 12.3. The first kappa shape index (κ1) is 19.9. The molecule has 0 aliphatic heterocycles. The number of hydrogen-bond acceptors (Lipinski definition) is 4. The lowest BCUT2D eigenvalue weighted by Crippen LogP contribution is -2.23. The molecule has 2 rings (SSSR count). The fourth-order valence-electron chi connectivity index (χ4n) is 2.63. The summed E-state index contributed by atoms with van der Waals surface area (Å²) in [5.74, 6) is -0.148.